The van der Waals surface area contributed by atoms with Gasteiger partial charge in [-0.1, -0.05) is 0 Å². The summed E-state index contributed by atoms with van der Waals surface area (Å²) in [5, 5.41) is 0.915. The maximum absolute atomic E-state index is 5.85. The topological polar surface area (TPSA) is 66.0 Å². The van der Waals surface area contributed by atoms with E-state index in [0.29, 0.717) is 5.82 Å². The Kier molecular flexibility index (Phi) is 1.86. The van der Waals surface area contributed by atoms with Gasteiger partial charge in [0, 0.05) is 12.6 Å². The Labute approximate surface area is 92.6 Å². The van der Waals surface area contributed by atoms with E-state index in [0.717, 1.165) is 23.0 Å². The number of ether oxygens (including phenoxy) is 1. The predicted octanol–water partition coefficient (Wildman–Crippen LogP) is 1.75. The molecule has 2 N–H and O–H groups in total. The highest BCUT2D eigenvalue weighted by Gasteiger charge is 2.19. The fourth-order valence-electron chi connectivity index (χ4n) is 2.07. The SMILES string of the molecule is Cc1cn([C@H]2CC=CO2)c2ncnc(N)c12. The van der Waals surface area contributed by atoms with Gasteiger partial charge in [-0.3, -0.25) is 4.57 Å². The van der Waals surface area contributed by atoms with Crippen LogP contribution in [0.2, 0.25) is 0 Å². The van der Waals surface area contributed by atoms with Crippen LogP contribution >= 0.6 is 0 Å². The second-order valence-electron chi connectivity index (χ2n) is 3.88. The van der Waals surface area contributed by atoms with Crippen molar-refractivity contribution in [3.05, 3.63) is 30.4 Å². The van der Waals surface area contributed by atoms with Gasteiger partial charge in [-0.15, -0.1) is 0 Å². The molecule has 1 atom stereocenters. The maximum Gasteiger partial charge on any atom is 0.179 e. The van der Waals surface area contributed by atoms with Crippen molar-refractivity contribution in [2.24, 2.45) is 0 Å². The van der Waals surface area contributed by atoms with E-state index < -0.39 is 0 Å². The van der Waals surface area contributed by atoms with E-state index in [1.807, 2.05) is 23.8 Å². The van der Waals surface area contributed by atoms with E-state index in [1.165, 1.54) is 6.33 Å². The maximum atomic E-state index is 5.85. The molecule has 2 aromatic heterocycles. The quantitative estimate of drug-likeness (QED) is 0.788. The number of aromatic nitrogens is 3. The van der Waals surface area contributed by atoms with Crippen LogP contribution in [0.25, 0.3) is 11.0 Å². The van der Waals surface area contributed by atoms with E-state index in [-0.39, 0.29) is 6.23 Å². The molecule has 3 rings (SSSR count). The third kappa shape index (κ3) is 1.18. The highest BCUT2D eigenvalue weighted by molar-refractivity contribution is 5.89. The number of hydrogen-bond acceptors (Lipinski definition) is 4. The third-order valence-corrected chi connectivity index (χ3v) is 2.81. The summed E-state index contributed by atoms with van der Waals surface area (Å²) in [6.45, 7) is 2.00. The van der Waals surface area contributed by atoms with Crippen LogP contribution in [-0.2, 0) is 4.74 Å². The van der Waals surface area contributed by atoms with E-state index in [4.69, 9.17) is 10.5 Å². The molecule has 0 radical (unpaired) electrons. The molecule has 3 heterocycles. The molecule has 0 fully saturated rings. The lowest BCUT2D eigenvalue weighted by Gasteiger charge is -2.12. The van der Waals surface area contributed by atoms with Crippen molar-refractivity contribution in [1.82, 2.24) is 14.5 Å². The molecule has 0 unspecified atom stereocenters. The zero-order chi connectivity index (χ0) is 11.1. The fraction of sp³-hybridized carbons (Fsp3) is 0.273. The Morgan fingerprint density at radius 2 is 2.38 bits per heavy atom. The summed E-state index contributed by atoms with van der Waals surface area (Å²) in [5.41, 5.74) is 7.75. The highest BCUT2D eigenvalue weighted by atomic mass is 16.5. The van der Waals surface area contributed by atoms with E-state index in [1.54, 1.807) is 6.26 Å². The van der Waals surface area contributed by atoms with Crippen molar-refractivity contribution in [2.45, 2.75) is 19.6 Å². The van der Waals surface area contributed by atoms with Crippen LogP contribution in [0.4, 0.5) is 5.82 Å². The van der Waals surface area contributed by atoms with Gasteiger partial charge < -0.3 is 10.5 Å². The summed E-state index contributed by atoms with van der Waals surface area (Å²) in [4.78, 5) is 8.28. The Balaban J connectivity index is 2.22. The average Bonchev–Trinajstić information content (AvgIpc) is 2.86. The zero-order valence-corrected chi connectivity index (χ0v) is 8.92. The highest BCUT2D eigenvalue weighted by Crippen LogP contribution is 2.29. The first-order valence-corrected chi connectivity index (χ1v) is 5.15. The molecule has 5 nitrogen and oxygen atoms in total. The molecule has 82 valence electrons. The number of hydrogen-bond donors (Lipinski definition) is 1. The molecule has 0 saturated heterocycles. The molecule has 0 spiro atoms. The minimum Gasteiger partial charge on any atom is -0.478 e. The van der Waals surface area contributed by atoms with Gasteiger partial charge in [0.25, 0.3) is 0 Å². The molecule has 16 heavy (non-hydrogen) atoms. The van der Waals surface area contributed by atoms with Crippen LogP contribution in [0.3, 0.4) is 0 Å². The van der Waals surface area contributed by atoms with Gasteiger partial charge >= 0.3 is 0 Å². The minimum absolute atomic E-state index is 0.00880. The number of nitrogen functional groups attached to an aromatic ring is 1. The number of anilines is 1. The first-order valence-electron chi connectivity index (χ1n) is 5.15. The van der Waals surface area contributed by atoms with Crippen molar-refractivity contribution in [3.8, 4) is 0 Å². The molecule has 2 aromatic rings. The van der Waals surface area contributed by atoms with Gasteiger partial charge in [0.15, 0.2) is 6.23 Å². The number of nitrogens with zero attached hydrogens (tertiary/aromatic N) is 3. The first kappa shape index (κ1) is 9.21. The van der Waals surface area contributed by atoms with Crippen LogP contribution < -0.4 is 5.73 Å². The number of fused-ring (bicyclic) bond motifs is 1. The molecule has 1 aliphatic heterocycles. The molecular formula is C11H12N4O. The molecule has 0 aliphatic carbocycles. The van der Waals surface area contributed by atoms with E-state index in [2.05, 4.69) is 9.97 Å². The standard InChI is InChI=1S/C11H12N4O/c1-7-5-15(8-3-2-4-16-8)11-9(7)10(12)13-6-14-11/h2,4-6,8H,3H2,1H3,(H2,12,13,14)/t8-/m1/s1. The third-order valence-electron chi connectivity index (χ3n) is 2.81. The Morgan fingerprint density at radius 3 is 3.12 bits per heavy atom. The van der Waals surface area contributed by atoms with Crippen molar-refractivity contribution in [2.75, 3.05) is 5.73 Å². The number of aryl methyl sites for hydroxylation is 1. The van der Waals surface area contributed by atoms with Crippen LogP contribution in [-0.4, -0.2) is 14.5 Å². The van der Waals surface area contributed by atoms with Gasteiger partial charge in [0.1, 0.15) is 17.8 Å². The molecule has 1 aliphatic rings. The largest absolute Gasteiger partial charge is 0.478 e. The fourth-order valence-corrected chi connectivity index (χ4v) is 2.07. The summed E-state index contributed by atoms with van der Waals surface area (Å²) < 4.78 is 7.48. The van der Waals surface area contributed by atoms with E-state index >= 15 is 0 Å². The lowest BCUT2D eigenvalue weighted by atomic mass is 10.2. The normalized spacial score (nSPS) is 19.2. The van der Waals surface area contributed by atoms with Gasteiger partial charge in [0.2, 0.25) is 0 Å². The molecule has 0 bridgehead atoms. The molecule has 0 amide bonds. The van der Waals surface area contributed by atoms with E-state index in [9.17, 15) is 0 Å². The zero-order valence-electron chi connectivity index (χ0n) is 8.92. The second-order valence-corrected chi connectivity index (χ2v) is 3.88. The summed E-state index contributed by atoms with van der Waals surface area (Å²) in [6.07, 6.45) is 8.05. The minimum atomic E-state index is -0.00880. The van der Waals surface area contributed by atoms with Crippen molar-refractivity contribution < 1.29 is 4.74 Å². The lowest BCUT2D eigenvalue weighted by Crippen LogP contribution is -2.06. The number of rotatable bonds is 1. The van der Waals surface area contributed by atoms with Crippen molar-refractivity contribution in [3.63, 3.8) is 0 Å². The van der Waals surface area contributed by atoms with Crippen molar-refractivity contribution in [1.29, 1.82) is 0 Å². The van der Waals surface area contributed by atoms with Crippen LogP contribution in [0.1, 0.15) is 18.2 Å². The first-order chi connectivity index (χ1) is 7.77. The molecule has 0 aromatic carbocycles. The van der Waals surface area contributed by atoms with Gasteiger partial charge in [-0.25, -0.2) is 9.97 Å². The summed E-state index contributed by atoms with van der Waals surface area (Å²) >= 11 is 0. The van der Waals surface area contributed by atoms with Crippen molar-refractivity contribution >= 4 is 16.9 Å². The Bertz CT molecular complexity index is 565. The average molecular weight is 216 g/mol. The van der Waals surface area contributed by atoms with Gasteiger partial charge in [-0.05, 0) is 18.6 Å². The summed E-state index contributed by atoms with van der Waals surface area (Å²) in [7, 11) is 0. The van der Waals surface area contributed by atoms with Crippen LogP contribution in [0.5, 0.6) is 0 Å². The smallest absolute Gasteiger partial charge is 0.179 e. The molecule has 0 saturated carbocycles. The lowest BCUT2D eigenvalue weighted by molar-refractivity contribution is 0.109. The Morgan fingerprint density at radius 1 is 1.50 bits per heavy atom. The predicted molar refractivity (Wildman–Crippen MR) is 60.6 cm³/mol. The summed E-state index contributed by atoms with van der Waals surface area (Å²) in [5.74, 6) is 0.521. The monoisotopic (exact) mass is 216 g/mol. The molecular weight excluding hydrogens is 204 g/mol. The van der Waals surface area contributed by atoms with Gasteiger partial charge in [0.05, 0.1) is 11.6 Å². The number of nitrogens with two attached hydrogens (primary N) is 1. The second kappa shape index (κ2) is 3.23. The summed E-state index contributed by atoms with van der Waals surface area (Å²) in [6, 6.07) is 0. The van der Waals surface area contributed by atoms with Gasteiger partial charge in [-0.2, -0.15) is 0 Å². The Hall–Kier alpha value is -2.04. The molecule has 5 heteroatoms. The van der Waals surface area contributed by atoms with Crippen LogP contribution in [0, 0.1) is 6.92 Å². The van der Waals surface area contributed by atoms with Crippen LogP contribution in [0.15, 0.2) is 24.9 Å².